The Bertz CT molecular complexity index is 157. The third kappa shape index (κ3) is 2.96. The Kier molecular flexibility index (Phi) is 2.89. The topological polar surface area (TPSA) is 38.0 Å². The molecule has 0 radical (unpaired) electrons. The highest BCUT2D eigenvalue weighted by molar-refractivity contribution is 5.00. The fourth-order valence-electron chi connectivity index (χ4n) is 2.28. The van der Waals surface area contributed by atoms with Crippen molar-refractivity contribution in [3.8, 4) is 0 Å². The molecular weight excluding hydrogens is 160 g/mol. The van der Waals surface area contributed by atoms with E-state index in [2.05, 4.69) is 5.32 Å². The van der Waals surface area contributed by atoms with Crippen molar-refractivity contribution in [1.29, 1.82) is 0 Å². The van der Waals surface area contributed by atoms with Crippen LogP contribution in [-0.2, 0) is 0 Å². The van der Waals surface area contributed by atoms with Gasteiger partial charge in [0.2, 0.25) is 0 Å². The van der Waals surface area contributed by atoms with Crippen molar-refractivity contribution < 1.29 is 0 Å². The maximum Gasteiger partial charge on any atom is 0.0282 e. The van der Waals surface area contributed by atoms with Crippen molar-refractivity contribution in [3.05, 3.63) is 0 Å². The molecule has 0 bridgehead atoms. The zero-order valence-electron chi connectivity index (χ0n) is 8.52. The van der Waals surface area contributed by atoms with Crippen LogP contribution in [0.15, 0.2) is 0 Å². The molecule has 2 heteroatoms. The first-order valence-electron chi connectivity index (χ1n) is 5.78. The molecule has 2 fully saturated rings. The molecule has 2 aliphatic rings. The van der Waals surface area contributed by atoms with Crippen molar-refractivity contribution in [2.24, 2.45) is 11.7 Å². The fourth-order valence-corrected chi connectivity index (χ4v) is 2.28. The van der Waals surface area contributed by atoms with E-state index in [4.69, 9.17) is 5.73 Å². The molecule has 0 atom stereocenters. The minimum Gasteiger partial charge on any atom is -0.324 e. The zero-order chi connectivity index (χ0) is 9.15. The summed E-state index contributed by atoms with van der Waals surface area (Å²) in [5, 5.41) is 3.49. The van der Waals surface area contributed by atoms with Gasteiger partial charge in [0, 0.05) is 12.1 Å². The lowest BCUT2D eigenvalue weighted by atomic mass is 10.0. The minimum atomic E-state index is 0.190. The molecule has 0 unspecified atom stereocenters. The van der Waals surface area contributed by atoms with Gasteiger partial charge in [-0.15, -0.1) is 0 Å². The summed E-state index contributed by atoms with van der Waals surface area (Å²) in [5.41, 5.74) is 6.17. The minimum absolute atomic E-state index is 0.190. The van der Waals surface area contributed by atoms with Gasteiger partial charge in [-0.2, -0.15) is 0 Å². The summed E-state index contributed by atoms with van der Waals surface area (Å²) >= 11 is 0. The smallest absolute Gasteiger partial charge is 0.0282 e. The standard InChI is InChI=1S/C11H22N2/c12-11(6-7-11)9-13-8-5-10-3-1-2-4-10/h10,13H,1-9,12H2. The monoisotopic (exact) mass is 182 g/mol. The summed E-state index contributed by atoms with van der Waals surface area (Å²) in [6, 6.07) is 0. The lowest BCUT2D eigenvalue weighted by Gasteiger charge is -2.12. The molecular formula is C11H22N2. The molecule has 0 aliphatic heterocycles. The van der Waals surface area contributed by atoms with Gasteiger partial charge < -0.3 is 11.1 Å². The fraction of sp³-hybridized carbons (Fsp3) is 1.00. The highest BCUT2D eigenvalue weighted by atomic mass is 15.0. The summed E-state index contributed by atoms with van der Waals surface area (Å²) < 4.78 is 0. The molecule has 2 nitrogen and oxygen atoms in total. The third-order valence-electron chi connectivity index (χ3n) is 3.57. The molecule has 2 aliphatic carbocycles. The van der Waals surface area contributed by atoms with Gasteiger partial charge in [-0.3, -0.25) is 0 Å². The molecule has 0 aromatic rings. The lowest BCUT2D eigenvalue weighted by Crippen LogP contribution is -2.36. The van der Waals surface area contributed by atoms with Crippen molar-refractivity contribution in [2.45, 2.75) is 50.5 Å². The van der Waals surface area contributed by atoms with Crippen molar-refractivity contribution in [3.63, 3.8) is 0 Å². The molecule has 0 spiro atoms. The van der Waals surface area contributed by atoms with Crippen LogP contribution in [0.3, 0.4) is 0 Å². The number of nitrogens with two attached hydrogens (primary N) is 1. The molecule has 76 valence electrons. The van der Waals surface area contributed by atoms with E-state index in [0.29, 0.717) is 0 Å². The summed E-state index contributed by atoms with van der Waals surface area (Å²) in [6.45, 7) is 2.23. The van der Waals surface area contributed by atoms with Gasteiger partial charge >= 0.3 is 0 Å². The van der Waals surface area contributed by atoms with Crippen LogP contribution in [-0.4, -0.2) is 18.6 Å². The van der Waals surface area contributed by atoms with Crippen LogP contribution in [0.1, 0.15) is 44.9 Å². The highest BCUT2D eigenvalue weighted by Crippen LogP contribution is 2.31. The zero-order valence-corrected chi connectivity index (χ0v) is 8.52. The Labute approximate surface area is 81.3 Å². The van der Waals surface area contributed by atoms with E-state index < -0.39 is 0 Å². The summed E-state index contributed by atoms with van der Waals surface area (Å²) in [5.74, 6) is 1.01. The van der Waals surface area contributed by atoms with Crippen LogP contribution in [0.5, 0.6) is 0 Å². The van der Waals surface area contributed by atoms with E-state index >= 15 is 0 Å². The maximum atomic E-state index is 5.98. The number of nitrogens with one attached hydrogen (secondary N) is 1. The van der Waals surface area contributed by atoms with Gasteiger partial charge in [-0.25, -0.2) is 0 Å². The molecule has 0 aromatic heterocycles. The van der Waals surface area contributed by atoms with Crippen molar-refractivity contribution in [2.75, 3.05) is 13.1 Å². The van der Waals surface area contributed by atoms with Gasteiger partial charge in [0.25, 0.3) is 0 Å². The molecule has 2 saturated carbocycles. The quantitative estimate of drug-likeness (QED) is 0.634. The predicted octanol–water partition coefficient (Wildman–Crippen LogP) is 1.65. The van der Waals surface area contributed by atoms with Crippen LogP contribution in [0, 0.1) is 5.92 Å². The summed E-state index contributed by atoms with van der Waals surface area (Å²) in [6.07, 6.45) is 9.69. The first kappa shape index (κ1) is 9.47. The number of rotatable bonds is 5. The number of hydrogen-bond acceptors (Lipinski definition) is 2. The van der Waals surface area contributed by atoms with E-state index in [1.165, 1.54) is 51.5 Å². The second-order valence-electron chi connectivity index (χ2n) is 4.98. The van der Waals surface area contributed by atoms with E-state index in [9.17, 15) is 0 Å². The van der Waals surface area contributed by atoms with E-state index in [0.717, 1.165) is 12.5 Å². The Morgan fingerprint density at radius 1 is 1.23 bits per heavy atom. The third-order valence-corrected chi connectivity index (χ3v) is 3.57. The molecule has 0 aromatic carbocycles. The molecule has 13 heavy (non-hydrogen) atoms. The van der Waals surface area contributed by atoms with Gasteiger partial charge in [-0.05, 0) is 31.7 Å². The molecule has 2 rings (SSSR count). The summed E-state index contributed by atoms with van der Waals surface area (Å²) in [7, 11) is 0. The van der Waals surface area contributed by atoms with Crippen LogP contribution >= 0.6 is 0 Å². The second kappa shape index (κ2) is 3.97. The molecule has 0 heterocycles. The molecule has 3 N–H and O–H groups in total. The Morgan fingerprint density at radius 3 is 2.54 bits per heavy atom. The summed E-state index contributed by atoms with van der Waals surface area (Å²) in [4.78, 5) is 0. The highest BCUT2D eigenvalue weighted by Gasteiger charge is 2.37. The van der Waals surface area contributed by atoms with Crippen LogP contribution in [0.4, 0.5) is 0 Å². The largest absolute Gasteiger partial charge is 0.324 e. The number of hydrogen-bond donors (Lipinski definition) is 2. The Hall–Kier alpha value is -0.0800. The van der Waals surface area contributed by atoms with E-state index in [-0.39, 0.29) is 5.54 Å². The molecule has 0 amide bonds. The van der Waals surface area contributed by atoms with E-state index in [1.54, 1.807) is 0 Å². The Balaban J connectivity index is 1.48. The van der Waals surface area contributed by atoms with Crippen LogP contribution in [0.25, 0.3) is 0 Å². The first-order valence-corrected chi connectivity index (χ1v) is 5.78. The average molecular weight is 182 g/mol. The van der Waals surface area contributed by atoms with Crippen molar-refractivity contribution >= 4 is 0 Å². The van der Waals surface area contributed by atoms with E-state index in [1.807, 2.05) is 0 Å². The van der Waals surface area contributed by atoms with Gasteiger partial charge in [-0.1, -0.05) is 25.7 Å². The first-order chi connectivity index (χ1) is 6.29. The SMILES string of the molecule is NC1(CNCCC2CCCC2)CC1. The van der Waals surface area contributed by atoms with Gasteiger partial charge in [0.1, 0.15) is 0 Å². The van der Waals surface area contributed by atoms with Crippen molar-refractivity contribution in [1.82, 2.24) is 5.32 Å². The normalized spacial score (nSPS) is 26.5. The van der Waals surface area contributed by atoms with Crippen LogP contribution in [0.2, 0.25) is 0 Å². The van der Waals surface area contributed by atoms with Gasteiger partial charge in [0.15, 0.2) is 0 Å². The average Bonchev–Trinajstić information content (AvgIpc) is 2.69. The maximum absolute atomic E-state index is 5.98. The lowest BCUT2D eigenvalue weighted by molar-refractivity contribution is 0.463. The second-order valence-corrected chi connectivity index (χ2v) is 4.98. The molecule has 0 saturated heterocycles. The Morgan fingerprint density at radius 2 is 1.92 bits per heavy atom. The van der Waals surface area contributed by atoms with Gasteiger partial charge in [0.05, 0.1) is 0 Å². The predicted molar refractivity (Wildman–Crippen MR) is 55.6 cm³/mol. The van der Waals surface area contributed by atoms with Crippen LogP contribution < -0.4 is 11.1 Å².